The first-order valence-corrected chi connectivity index (χ1v) is 11.3. The summed E-state index contributed by atoms with van der Waals surface area (Å²) in [5.74, 6) is 1.66. The summed E-state index contributed by atoms with van der Waals surface area (Å²) >= 11 is 0. The van der Waals surface area contributed by atoms with Crippen LogP contribution in [0.1, 0.15) is 45.4 Å². The first-order valence-electron chi connectivity index (χ1n) is 9.87. The molecule has 0 amide bonds. The van der Waals surface area contributed by atoms with E-state index in [1.54, 1.807) is 0 Å². The molecule has 3 unspecified atom stereocenters. The highest BCUT2D eigenvalue weighted by atomic mass is 32.2. The number of aliphatic imine (C=N–C) groups is 1. The molecule has 0 radical (unpaired) electrons. The lowest BCUT2D eigenvalue weighted by molar-refractivity contribution is 0.0372. The van der Waals surface area contributed by atoms with Crippen LogP contribution in [0.4, 0.5) is 0 Å². The number of rotatable bonds is 8. The van der Waals surface area contributed by atoms with E-state index >= 15 is 0 Å². The molecule has 2 aliphatic rings. The van der Waals surface area contributed by atoms with Crippen molar-refractivity contribution >= 4 is 16.8 Å². The van der Waals surface area contributed by atoms with Crippen LogP contribution in [0.5, 0.6) is 0 Å². The van der Waals surface area contributed by atoms with Crippen molar-refractivity contribution < 1.29 is 8.95 Å². The van der Waals surface area contributed by atoms with E-state index in [0.29, 0.717) is 11.3 Å². The van der Waals surface area contributed by atoms with Crippen LogP contribution in [0.3, 0.4) is 0 Å². The van der Waals surface area contributed by atoms with Crippen LogP contribution in [-0.2, 0) is 15.5 Å². The van der Waals surface area contributed by atoms with Gasteiger partial charge in [0.25, 0.3) is 0 Å². The standard InChI is InChI=1S/C18H36N4O2S/c1-3-25(23)17-8-6-7-16(15-17)21-18(19-2)20-9-4-5-10-22-11-13-24-14-12-22/h16-17H,3-15H2,1-2H3,(H2,19,20,21). The average Bonchev–Trinajstić information content (AvgIpc) is 2.67. The topological polar surface area (TPSA) is 66.0 Å². The number of unbranched alkanes of at least 4 members (excludes halogenated alkanes) is 1. The summed E-state index contributed by atoms with van der Waals surface area (Å²) in [5.41, 5.74) is 0. The number of hydrogen-bond donors (Lipinski definition) is 2. The maximum Gasteiger partial charge on any atom is 0.191 e. The van der Waals surface area contributed by atoms with Crippen molar-refractivity contribution in [2.24, 2.45) is 4.99 Å². The molecule has 7 heteroatoms. The van der Waals surface area contributed by atoms with Gasteiger partial charge in [-0.25, -0.2) is 0 Å². The maximum atomic E-state index is 12.1. The third-order valence-electron chi connectivity index (χ3n) is 5.14. The van der Waals surface area contributed by atoms with Gasteiger partial charge in [-0.3, -0.25) is 14.1 Å². The molecule has 1 saturated heterocycles. The summed E-state index contributed by atoms with van der Waals surface area (Å²) < 4.78 is 17.4. The quantitative estimate of drug-likeness (QED) is 0.382. The van der Waals surface area contributed by atoms with Gasteiger partial charge in [-0.1, -0.05) is 13.3 Å². The minimum absolute atomic E-state index is 0.350. The summed E-state index contributed by atoms with van der Waals surface area (Å²) in [4.78, 5) is 6.83. The van der Waals surface area contributed by atoms with Crippen molar-refractivity contribution in [3.63, 3.8) is 0 Å². The molecule has 3 atom stereocenters. The van der Waals surface area contributed by atoms with Gasteiger partial charge in [0.2, 0.25) is 0 Å². The minimum Gasteiger partial charge on any atom is -0.379 e. The lowest BCUT2D eigenvalue weighted by atomic mass is 9.95. The number of guanidine groups is 1. The van der Waals surface area contributed by atoms with Crippen LogP contribution >= 0.6 is 0 Å². The molecule has 6 nitrogen and oxygen atoms in total. The number of ether oxygens (including phenoxy) is 1. The Morgan fingerprint density at radius 1 is 1.28 bits per heavy atom. The van der Waals surface area contributed by atoms with Crippen molar-refractivity contribution in [3.05, 3.63) is 0 Å². The molecule has 0 spiro atoms. The molecule has 1 heterocycles. The maximum absolute atomic E-state index is 12.1. The number of hydrogen-bond acceptors (Lipinski definition) is 4. The van der Waals surface area contributed by atoms with Crippen molar-refractivity contribution in [2.75, 3.05) is 52.2 Å². The van der Waals surface area contributed by atoms with Gasteiger partial charge in [-0.2, -0.15) is 0 Å². The fourth-order valence-corrected chi connectivity index (χ4v) is 4.98. The van der Waals surface area contributed by atoms with Crippen LogP contribution in [0, 0.1) is 0 Å². The second kappa shape index (κ2) is 11.9. The Labute approximate surface area is 155 Å². The lowest BCUT2D eigenvalue weighted by Crippen LogP contribution is -2.46. The molecular formula is C18H36N4O2S. The molecule has 1 aliphatic heterocycles. The highest BCUT2D eigenvalue weighted by Crippen LogP contribution is 2.22. The molecule has 0 aromatic rings. The number of nitrogens with zero attached hydrogens (tertiary/aromatic N) is 2. The van der Waals surface area contributed by atoms with Gasteiger partial charge < -0.3 is 15.4 Å². The second-order valence-corrected chi connectivity index (χ2v) is 8.96. The Balaban J connectivity index is 1.60. The van der Waals surface area contributed by atoms with E-state index in [4.69, 9.17) is 4.74 Å². The average molecular weight is 373 g/mol. The molecule has 2 N–H and O–H groups in total. The van der Waals surface area contributed by atoms with E-state index in [-0.39, 0.29) is 0 Å². The van der Waals surface area contributed by atoms with E-state index < -0.39 is 10.8 Å². The summed E-state index contributed by atoms with van der Waals surface area (Å²) in [6.45, 7) is 8.01. The predicted molar refractivity (Wildman–Crippen MR) is 106 cm³/mol. The Morgan fingerprint density at radius 3 is 2.80 bits per heavy atom. The monoisotopic (exact) mass is 372 g/mol. The van der Waals surface area contributed by atoms with E-state index in [2.05, 4.69) is 20.5 Å². The van der Waals surface area contributed by atoms with Crippen molar-refractivity contribution in [1.82, 2.24) is 15.5 Å². The van der Waals surface area contributed by atoms with E-state index in [0.717, 1.165) is 83.2 Å². The third-order valence-corrected chi connectivity index (χ3v) is 6.88. The van der Waals surface area contributed by atoms with Gasteiger partial charge >= 0.3 is 0 Å². The molecule has 0 aromatic carbocycles. The fourth-order valence-electron chi connectivity index (χ4n) is 3.63. The van der Waals surface area contributed by atoms with E-state index in [1.165, 1.54) is 6.42 Å². The molecule has 1 aliphatic carbocycles. The molecule has 2 rings (SSSR count). The number of morpholine rings is 1. The highest BCUT2D eigenvalue weighted by Gasteiger charge is 2.25. The van der Waals surface area contributed by atoms with Crippen molar-refractivity contribution in [3.8, 4) is 0 Å². The zero-order chi connectivity index (χ0) is 17.9. The predicted octanol–water partition coefficient (Wildman–Crippen LogP) is 1.34. The summed E-state index contributed by atoms with van der Waals surface area (Å²) in [6.07, 6.45) is 6.75. The van der Waals surface area contributed by atoms with Gasteiger partial charge in [-0.05, 0) is 38.6 Å². The molecule has 25 heavy (non-hydrogen) atoms. The normalized spacial score (nSPS) is 27.0. The van der Waals surface area contributed by atoms with Gasteiger partial charge in [-0.15, -0.1) is 0 Å². The second-order valence-electron chi connectivity index (χ2n) is 6.96. The molecule has 146 valence electrons. The van der Waals surface area contributed by atoms with Crippen LogP contribution in [-0.4, -0.2) is 78.6 Å². The van der Waals surface area contributed by atoms with Crippen LogP contribution in [0.15, 0.2) is 4.99 Å². The molecule has 0 bridgehead atoms. The largest absolute Gasteiger partial charge is 0.379 e. The first-order chi connectivity index (χ1) is 12.2. The highest BCUT2D eigenvalue weighted by molar-refractivity contribution is 7.85. The first kappa shape index (κ1) is 20.6. The summed E-state index contributed by atoms with van der Waals surface area (Å²) in [5, 5.41) is 7.31. The smallest absolute Gasteiger partial charge is 0.191 e. The zero-order valence-electron chi connectivity index (χ0n) is 16.0. The van der Waals surface area contributed by atoms with Crippen molar-refractivity contribution in [1.29, 1.82) is 0 Å². The van der Waals surface area contributed by atoms with Crippen LogP contribution < -0.4 is 10.6 Å². The third kappa shape index (κ3) is 7.62. The minimum atomic E-state index is -0.675. The SMILES string of the molecule is CCS(=O)C1CCCC(NC(=NC)NCCCCN2CCOCC2)C1. The van der Waals surface area contributed by atoms with Crippen LogP contribution in [0.25, 0.3) is 0 Å². The number of nitrogens with one attached hydrogen (secondary N) is 2. The van der Waals surface area contributed by atoms with Crippen molar-refractivity contribution in [2.45, 2.75) is 56.7 Å². The fraction of sp³-hybridized carbons (Fsp3) is 0.944. The van der Waals surface area contributed by atoms with Gasteiger partial charge in [0, 0.05) is 54.5 Å². The van der Waals surface area contributed by atoms with E-state index in [9.17, 15) is 4.21 Å². The molecular weight excluding hydrogens is 336 g/mol. The lowest BCUT2D eigenvalue weighted by Gasteiger charge is -2.30. The zero-order valence-corrected chi connectivity index (χ0v) is 16.8. The summed E-state index contributed by atoms with van der Waals surface area (Å²) in [7, 11) is 1.15. The van der Waals surface area contributed by atoms with Gasteiger partial charge in [0.05, 0.1) is 13.2 Å². The Kier molecular flexibility index (Phi) is 9.80. The molecule has 2 fully saturated rings. The van der Waals surface area contributed by atoms with Crippen LogP contribution in [0.2, 0.25) is 0 Å². The Hall–Kier alpha value is -0.660. The van der Waals surface area contributed by atoms with Gasteiger partial charge in [0.1, 0.15) is 0 Å². The van der Waals surface area contributed by atoms with Gasteiger partial charge in [0.15, 0.2) is 5.96 Å². The summed E-state index contributed by atoms with van der Waals surface area (Å²) in [6, 6.07) is 0.397. The molecule has 1 saturated carbocycles. The molecule has 0 aromatic heterocycles. The Morgan fingerprint density at radius 2 is 2.08 bits per heavy atom. The Bertz CT molecular complexity index is 427. The van der Waals surface area contributed by atoms with E-state index in [1.807, 2.05) is 14.0 Å².